The van der Waals surface area contributed by atoms with Crippen LogP contribution in [0.1, 0.15) is 23.6 Å². The highest BCUT2D eigenvalue weighted by atomic mass is 32.2. The van der Waals surface area contributed by atoms with Crippen molar-refractivity contribution in [3.05, 3.63) is 58.9 Å². The van der Waals surface area contributed by atoms with Crippen molar-refractivity contribution >= 4 is 21.6 Å². The molecule has 0 saturated carbocycles. The molecule has 2 aromatic carbocycles. The number of hydrogen-bond donors (Lipinski definition) is 2. The summed E-state index contributed by atoms with van der Waals surface area (Å²) in [6.45, 7) is 7.17. The van der Waals surface area contributed by atoms with Crippen molar-refractivity contribution in [2.75, 3.05) is 5.32 Å². The topological polar surface area (TPSA) is 75.3 Å². The lowest BCUT2D eigenvalue weighted by Crippen LogP contribution is -2.41. The first-order valence-electron chi connectivity index (χ1n) is 7.77. The zero-order valence-corrected chi connectivity index (χ0v) is 15.4. The van der Waals surface area contributed by atoms with E-state index in [2.05, 4.69) is 10.0 Å². The van der Waals surface area contributed by atoms with Crippen molar-refractivity contribution in [2.45, 2.75) is 38.6 Å². The highest BCUT2D eigenvalue weighted by molar-refractivity contribution is 7.89. The Hall–Kier alpha value is -2.25. The highest BCUT2D eigenvalue weighted by Gasteiger charge is 2.22. The smallest absolute Gasteiger partial charge is 0.242 e. The van der Waals surface area contributed by atoms with Gasteiger partial charge in [-0.1, -0.05) is 17.7 Å². The molecule has 0 spiro atoms. The third-order valence-corrected chi connectivity index (χ3v) is 5.33. The predicted molar refractivity (Wildman–Crippen MR) is 95.5 cm³/mol. The Morgan fingerprint density at radius 2 is 1.56 bits per heavy atom. The molecule has 5 nitrogen and oxygen atoms in total. The zero-order valence-electron chi connectivity index (χ0n) is 14.6. The summed E-state index contributed by atoms with van der Waals surface area (Å²) in [5.74, 6) is -1.00. The van der Waals surface area contributed by atoms with Crippen LogP contribution in [0.3, 0.4) is 0 Å². The SMILES string of the molecule is Cc1cc(C)c(NC(=O)[C@@H](C)NS(=O)(=O)c2ccc(F)cc2)c(C)c1. The number of hydrogen-bond acceptors (Lipinski definition) is 3. The van der Waals surface area contributed by atoms with Gasteiger partial charge in [0, 0.05) is 5.69 Å². The van der Waals surface area contributed by atoms with E-state index in [4.69, 9.17) is 0 Å². The van der Waals surface area contributed by atoms with Crippen LogP contribution in [0, 0.1) is 26.6 Å². The van der Waals surface area contributed by atoms with Crippen LogP contribution in [-0.2, 0) is 14.8 Å². The molecular formula is C18H21FN2O3S. The summed E-state index contributed by atoms with van der Waals surface area (Å²) in [4.78, 5) is 12.3. The number of amides is 1. The minimum Gasteiger partial charge on any atom is -0.324 e. The van der Waals surface area contributed by atoms with Crippen LogP contribution in [-0.4, -0.2) is 20.4 Å². The maximum absolute atomic E-state index is 12.9. The van der Waals surface area contributed by atoms with Crippen LogP contribution in [0.4, 0.5) is 10.1 Å². The normalized spacial score (nSPS) is 12.7. The van der Waals surface area contributed by atoms with Gasteiger partial charge in [0.1, 0.15) is 5.82 Å². The molecule has 25 heavy (non-hydrogen) atoms. The summed E-state index contributed by atoms with van der Waals surface area (Å²) in [6.07, 6.45) is 0. The fourth-order valence-corrected chi connectivity index (χ4v) is 3.78. The van der Waals surface area contributed by atoms with E-state index >= 15 is 0 Å². The molecule has 1 amide bonds. The van der Waals surface area contributed by atoms with Gasteiger partial charge in [0.2, 0.25) is 15.9 Å². The van der Waals surface area contributed by atoms with Crippen molar-refractivity contribution in [3.8, 4) is 0 Å². The average molecular weight is 364 g/mol. The third-order valence-electron chi connectivity index (χ3n) is 3.77. The second-order valence-electron chi connectivity index (χ2n) is 6.06. The van der Waals surface area contributed by atoms with Gasteiger partial charge in [0.25, 0.3) is 0 Å². The summed E-state index contributed by atoms with van der Waals surface area (Å²) in [5, 5.41) is 2.76. The van der Waals surface area contributed by atoms with Gasteiger partial charge in [-0.2, -0.15) is 4.72 Å². The van der Waals surface area contributed by atoms with Crippen LogP contribution in [0.5, 0.6) is 0 Å². The van der Waals surface area contributed by atoms with Crippen molar-refractivity contribution in [3.63, 3.8) is 0 Å². The second kappa shape index (κ2) is 7.33. The molecule has 2 N–H and O–H groups in total. The Morgan fingerprint density at radius 3 is 2.08 bits per heavy atom. The monoisotopic (exact) mass is 364 g/mol. The number of sulfonamides is 1. The predicted octanol–water partition coefficient (Wildman–Crippen LogP) is 3.06. The first kappa shape index (κ1) is 19.1. The fraction of sp³-hybridized carbons (Fsp3) is 0.278. The molecule has 0 heterocycles. The first-order valence-corrected chi connectivity index (χ1v) is 9.25. The third kappa shape index (κ3) is 4.64. The van der Waals surface area contributed by atoms with Crippen LogP contribution in [0.2, 0.25) is 0 Å². The van der Waals surface area contributed by atoms with E-state index < -0.39 is 27.8 Å². The molecule has 0 saturated heterocycles. The van der Waals surface area contributed by atoms with Crippen LogP contribution in [0.25, 0.3) is 0 Å². The number of nitrogens with one attached hydrogen (secondary N) is 2. The molecule has 2 rings (SSSR count). The Balaban J connectivity index is 2.14. The number of benzene rings is 2. The van der Waals surface area contributed by atoms with E-state index in [9.17, 15) is 17.6 Å². The maximum atomic E-state index is 12.9. The molecule has 7 heteroatoms. The molecule has 0 aromatic heterocycles. The average Bonchev–Trinajstić information content (AvgIpc) is 2.50. The van der Waals surface area contributed by atoms with Crippen molar-refractivity contribution in [1.29, 1.82) is 0 Å². The van der Waals surface area contributed by atoms with Crippen molar-refractivity contribution in [1.82, 2.24) is 4.72 Å². The Bertz CT molecular complexity index is 870. The van der Waals surface area contributed by atoms with Crippen molar-refractivity contribution < 1.29 is 17.6 Å². The molecule has 134 valence electrons. The zero-order chi connectivity index (χ0) is 18.8. The number of carbonyl (C=O) groups is 1. The first-order chi connectivity index (χ1) is 11.6. The number of anilines is 1. The fourth-order valence-electron chi connectivity index (χ4n) is 2.58. The minimum absolute atomic E-state index is 0.101. The molecule has 2 aromatic rings. The molecule has 0 bridgehead atoms. The van der Waals surface area contributed by atoms with E-state index in [-0.39, 0.29) is 4.90 Å². The summed E-state index contributed by atoms with van der Waals surface area (Å²) in [7, 11) is -3.92. The van der Waals surface area contributed by atoms with Gasteiger partial charge in [-0.15, -0.1) is 0 Å². The van der Waals surface area contributed by atoms with Crippen molar-refractivity contribution in [2.24, 2.45) is 0 Å². The summed E-state index contributed by atoms with van der Waals surface area (Å²) < 4.78 is 39.8. The molecule has 0 unspecified atom stereocenters. The number of carbonyl (C=O) groups excluding carboxylic acids is 1. The molecule has 1 atom stereocenters. The lowest BCUT2D eigenvalue weighted by Gasteiger charge is -2.17. The van der Waals surface area contributed by atoms with Gasteiger partial charge >= 0.3 is 0 Å². The van der Waals surface area contributed by atoms with Gasteiger partial charge in [0.15, 0.2) is 0 Å². The molecule has 0 aliphatic rings. The second-order valence-corrected chi connectivity index (χ2v) is 7.77. The Morgan fingerprint density at radius 1 is 1.04 bits per heavy atom. The van der Waals surface area contributed by atoms with E-state index in [1.807, 2.05) is 32.9 Å². The van der Waals surface area contributed by atoms with E-state index in [0.29, 0.717) is 5.69 Å². The quantitative estimate of drug-likeness (QED) is 0.856. The molecular weight excluding hydrogens is 343 g/mol. The van der Waals surface area contributed by atoms with E-state index in [1.54, 1.807) is 0 Å². The summed E-state index contributed by atoms with van der Waals surface area (Å²) in [6, 6.07) is 7.30. The Kier molecular flexibility index (Phi) is 5.59. The van der Waals surface area contributed by atoms with Gasteiger partial charge in [-0.05, 0) is 63.1 Å². The van der Waals surface area contributed by atoms with E-state index in [1.165, 1.54) is 6.92 Å². The highest BCUT2D eigenvalue weighted by Crippen LogP contribution is 2.22. The van der Waals surface area contributed by atoms with Gasteiger partial charge < -0.3 is 5.32 Å². The number of aryl methyl sites for hydroxylation is 3. The molecule has 0 aliphatic carbocycles. The standard InChI is InChI=1S/C18H21FN2O3S/c1-11-9-12(2)17(13(3)10-11)20-18(22)14(4)21-25(23,24)16-7-5-15(19)6-8-16/h5-10,14,21H,1-4H3,(H,20,22)/t14-/m1/s1. The van der Waals surface area contributed by atoms with Gasteiger partial charge in [-0.3, -0.25) is 4.79 Å². The molecule has 0 fully saturated rings. The Labute approximate surface area is 147 Å². The lowest BCUT2D eigenvalue weighted by molar-refractivity contribution is -0.117. The van der Waals surface area contributed by atoms with Gasteiger partial charge in [0.05, 0.1) is 10.9 Å². The van der Waals surface area contributed by atoms with Gasteiger partial charge in [-0.25, -0.2) is 12.8 Å². The largest absolute Gasteiger partial charge is 0.324 e. The van der Waals surface area contributed by atoms with Crippen LogP contribution in [0.15, 0.2) is 41.3 Å². The van der Waals surface area contributed by atoms with Crippen LogP contribution < -0.4 is 10.0 Å². The maximum Gasteiger partial charge on any atom is 0.242 e. The molecule has 0 radical (unpaired) electrons. The summed E-state index contributed by atoms with van der Waals surface area (Å²) in [5.41, 5.74) is 3.56. The number of halogens is 1. The minimum atomic E-state index is -3.92. The molecule has 0 aliphatic heterocycles. The number of rotatable bonds is 5. The van der Waals surface area contributed by atoms with Crippen LogP contribution >= 0.6 is 0 Å². The summed E-state index contributed by atoms with van der Waals surface area (Å²) >= 11 is 0. The van der Waals surface area contributed by atoms with E-state index in [0.717, 1.165) is 41.0 Å². The lowest BCUT2D eigenvalue weighted by atomic mass is 10.0.